The lowest BCUT2D eigenvalue weighted by Gasteiger charge is -2.20. The molecular weight excluding hydrogens is 296 g/mol. The average Bonchev–Trinajstić information content (AvgIpc) is 2.89. The molecule has 1 aliphatic heterocycles. The summed E-state index contributed by atoms with van der Waals surface area (Å²) in [7, 11) is 0. The lowest BCUT2D eigenvalue weighted by Crippen LogP contribution is -2.29. The molecule has 0 radical (unpaired) electrons. The van der Waals surface area contributed by atoms with Crippen LogP contribution in [0, 0.1) is 5.92 Å². The fraction of sp³-hybridized carbons (Fsp3) is 0.471. The quantitative estimate of drug-likeness (QED) is 0.867. The summed E-state index contributed by atoms with van der Waals surface area (Å²) < 4.78 is 0. The molecular formula is C17H22N2O4. The largest absolute Gasteiger partial charge is 0.481 e. The number of nitrogens with one attached hydrogen (secondary N) is 1. The van der Waals surface area contributed by atoms with Gasteiger partial charge in [-0.3, -0.25) is 14.4 Å². The lowest BCUT2D eigenvalue weighted by atomic mass is 9.85. The van der Waals surface area contributed by atoms with E-state index in [9.17, 15) is 19.5 Å². The van der Waals surface area contributed by atoms with Gasteiger partial charge >= 0.3 is 5.97 Å². The fourth-order valence-corrected chi connectivity index (χ4v) is 2.59. The molecule has 0 saturated carbocycles. The Balaban J connectivity index is 2.03. The maximum atomic E-state index is 12.2. The van der Waals surface area contributed by atoms with Gasteiger partial charge in [-0.05, 0) is 38.5 Å². The van der Waals surface area contributed by atoms with Crippen LogP contribution in [0.25, 0.3) is 0 Å². The van der Waals surface area contributed by atoms with Gasteiger partial charge in [0.2, 0.25) is 11.8 Å². The first-order valence-corrected chi connectivity index (χ1v) is 7.68. The van der Waals surface area contributed by atoms with E-state index in [1.165, 1.54) is 0 Å². The monoisotopic (exact) mass is 318 g/mol. The zero-order chi connectivity index (χ0) is 17.2. The second-order valence-corrected chi connectivity index (χ2v) is 6.33. The highest BCUT2D eigenvalue weighted by molar-refractivity contribution is 5.97. The zero-order valence-corrected chi connectivity index (χ0v) is 13.6. The van der Waals surface area contributed by atoms with Crippen LogP contribution in [0.4, 0.5) is 5.69 Å². The van der Waals surface area contributed by atoms with Crippen LogP contribution in [0.15, 0.2) is 24.3 Å². The van der Waals surface area contributed by atoms with Gasteiger partial charge in [0, 0.05) is 25.2 Å². The number of carbonyl (C=O) groups is 3. The maximum Gasteiger partial charge on any atom is 0.313 e. The molecule has 1 unspecified atom stereocenters. The molecule has 1 aromatic rings. The minimum absolute atomic E-state index is 0.00575. The molecule has 1 aliphatic rings. The van der Waals surface area contributed by atoms with E-state index in [2.05, 4.69) is 5.32 Å². The number of amides is 2. The second kappa shape index (κ2) is 6.40. The highest BCUT2D eigenvalue weighted by atomic mass is 16.4. The number of anilines is 1. The van der Waals surface area contributed by atoms with Gasteiger partial charge in [-0.1, -0.05) is 12.1 Å². The second-order valence-electron chi connectivity index (χ2n) is 6.33. The highest BCUT2D eigenvalue weighted by Crippen LogP contribution is 2.25. The van der Waals surface area contributed by atoms with Gasteiger partial charge in [-0.2, -0.15) is 0 Å². The predicted molar refractivity (Wildman–Crippen MR) is 86.1 cm³/mol. The predicted octanol–water partition coefficient (Wildman–Crippen LogP) is 1.86. The SMILES string of the molecule is CCN1CC(C(=O)Nc2ccc(C(C)(C)C(=O)O)cc2)CC1=O. The molecule has 0 spiro atoms. The summed E-state index contributed by atoms with van der Waals surface area (Å²) in [5.74, 6) is -1.42. The normalized spacial score (nSPS) is 18.1. The van der Waals surface area contributed by atoms with Crippen LogP contribution in [0.3, 0.4) is 0 Å². The number of likely N-dealkylation sites (tertiary alicyclic amines) is 1. The summed E-state index contributed by atoms with van der Waals surface area (Å²) in [6, 6.07) is 6.77. The molecule has 0 bridgehead atoms. The van der Waals surface area contributed by atoms with Crippen LogP contribution < -0.4 is 5.32 Å². The summed E-state index contributed by atoms with van der Waals surface area (Å²) in [4.78, 5) is 36.8. The van der Waals surface area contributed by atoms with Gasteiger partial charge in [-0.15, -0.1) is 0 Å². The van der Waals surface area contributed by atoms with E-state index in [1.807, 2.05) is 6.92 Å². The number of nitrogens with zero attached hydrogens (tertiary/aromatic N) is 1. The van der Waals surface area contributed by atoms with Gasteiger partial charge in [0.05, 0.1) is 11.3 Å². The van der Waals surface area contributed by atoms with Crippen molar-refractivity contribution in [3.8, 4) is 0 Å². The number of carboxylic acids is 1. The first-order valence-electron chi connectivity index (χ1n) is 7.68. The Morgan fingerprint density at radius 2 is 1.91 bits per heavy atom. The molecule has 6 nitrogen and oxygen atoms in total. The summed E-state index contributed by atoms with van der Waals surface area (Å²) >= 11 is 0. The van der Waals surface area contributed by atoms with Crippen molar-refractivity contribution in [3.63, 3.8) is 0 Å². The van der Waals surface area contributed by atoms with Crippen molar-refractivity contribution in [2.75, 3.05) is 18.4 Å². The van der Waals surface area contributed by atoms with Gasteiger partial charge in [0.15, 0.2) is 0 Å². The molecule has 23 heavy (non-hydrogen) atoms. The smallest absolute Gasteiger partial charge is 0.313 e. The van der Waals surface area contributed by atoms with E-state index in [1.54, 1.807) is 43.0 Å². The Morgan fingerprint density at radius 1 is 1.30 bits per heavy atom. The van der Waals surface area contributed by atoms with Gasteiger partial charge < -0.3 is 15.3 Å². The third kappa shape index (κ3) is 3.52. The molecule has 0 aliphatic carbocycles. The number of rotatable bonds is 5. The minimum Gasteiger partial charge on any atom is -0.481 e. The molecule has 6 heteroatoms. The zero-order valence-electron chi connectivity index (χ0n) is 13.6. The van der Waals surface area contributed by atoms with Gasteiger partial charge in [0.25, 0.3) is 0 Å². The molecule has 124 valence electrons. The summed E-state index contributed by atoms with van der Waals surface area (Å²) in [6.45, 7) is 6.22. The number of benzene rings is 1. The number of hydrogen-bond donors (Lipinski definition) is 2. The fourth-order valence-electron chi connectivity index (χ4n) is 2.59. The Kier molecular flexibility index (Phi) is 4.73. The van der Waals surface area contributed by atoms with E-state index in [0.717, 1.165) is 0 Å². The van der Waals surface area contributed by atoms with Crippen molar-refractivity contribution in [1.29, 1.82) is 0 Å². The molecule has 1 saturated heterocycles. The Labute approximate surface area is 135 Å². The summed E-state index contributed by atoms with van der Waals surface area (Å²) in [6.07, 6.45) is 0.240. The van der Waals surface area contributed by atoms with E-state index in [-0.39, 0.29) is 24.2 Å². The number of carbonyl (C=O) groups excluding carboxylic acids is 2. The Bertz CT molecular complexity index is 622. The van der Waals surface area contributed by atoms with Crippen LogP contribution in [0.2, 0.25) is 0 Å². The van der Waals surface area contributed by atoms with E-state index in [0.29, 0.717) is 24.3 Å². The Morgan fingerprint density at radius 3 is 2.39 bits per heavy atom. The van der Waals surface area contributed by atoms with Crippen molar-refractivity contribution in [2.24, 2.45) is 5.92 Å². The number of carboxylic acid groups (broad SMARTS) is 1. The molecule has 1 fully saturated rings. The van der Waals surface area contributed by atoms with Crippen LogP contribution in [0.5, 0.6) is 0 Å². The van der Waals surface area contributed by atoms with Gasteiger partial charge in [-0.25, -0.2) is 0 Å². The van der Waals surface area contributed by atoms with E-state index < -0.39 is 11.4 Å². The standard InChI is InChI=1S/C17H22N2O4/c1-4-19-10-11(9-14(19)20)15(21)18-13-7-5-12(6-8-13)17(2,3)16(22)23/h5-8,11H,4,9-10H2,1-3H3,(H,18,21)(H,22,23). The first-order chi connectivity index (χ1) is 10.8. The van der Waals surface area contributed by atoms with Crippen molar-refractivity contribution in [2.45, 2.75) is 32.6 Å². The van der Waals surface area contributed by atoms with Crippen LogP contribution >= 0.6 is 0 Å². The van der Waals surface area contributed by atoms with Crippen LogP contribution in [-0.2, 0) is 19.8 Å². The lowest BCUT2D eigenvalue weighted by molar-refractivity contribution is -0.142. The highest BCUT2D eigenvalue weighted by Gasteiger charge is 2.33. The van der Waals surface area contributed by atoms with E-state index >= 15 is 0 Å². The molecule has 1 heterocycles. The van der Waals surface area contributed by atoms with Gasteiger partial charge in [0.1, 0.15) is 0 Å². The van der Waals surface area contributed by atoms with E-state index in [4.69, 9.17) is 0 Å². The summed E-state index contributed by atoms with van der Waals surface area (Å²) in [5.41, 5.74) is 0.278. The third-order valence-electron chi connectivity index (χ3n) is 4.38. The number of aliphatic carboxylic acids is 1. The van der Waals surface area contributed by atoms with Crippen molar-refractivity contribution >= 4 is 23.5 Å². The maximum absolute atomic E-state index is 12.2. The van der Waals surface area contributed by atoms with Crippen molar-refractivity contribution in [1.82, 2.24) is 4.90 Å². The summed E-state index contributed by atoms with van der Waals surface area (Å²) in [5, 5.41) is 12.0. The third-order valence-corrected chi connectivity index (χ3v) is 4.38. The molecule has 1 atom stereocenters. The first kappa shape index (κ1) is 17.0. The molecule has 1 aromatic carbocycles. The average molecular weight is 318 g/mol. The van der Waals surface area contributed by atoms with Crippen LogP contribution in [0.1, 0.15) is 32.8 Å². The molecule has 2 N–H and O–H groups in total. The topological polar surface area (TPSA) is 86.7 Å². The number of hydrogen-bond acceptors (Lipinski definition) is 3. The Hall–Kier alpha value is -2.37. The molecule has 2 rings (SSSR count). The minimum atomic E-state index is -0.984. The van der Waals surface area contributed by atoms with Crippen molar-refractivity contribution < 1.29 is 19.5 Å². The molecule has 0 aromatic heterocycles. The molecule has 2 amide bonds. The van der Waals surface area contributed by atoms with Crippen molar-refractivity contribution in [3.05, 3.63) is 29.8 Å². The van der Waals surface area contributed by atoms with Crippen LogP contribution in [-0.4, -0.2) is 40.9 Å².